The Morgan fingerprint density at radius 2 is 2.00 bits per heavy atom. The molecule has 1 aliphatic heterocycles. The lowest BCUT2D eigenvalue weighted by molar-refractivity contribution is 0.0372. The van der Waals surface area contributed by atoms with Crippen molar-refractivity contribution in [3.63, 3.8) is 0 Å². The molecule has 118 valence electrons. The minimum Gasteiger partial charge on any atom is -0.494 e. The molecule has 1 heterocycles. The van der Waals surface area contributed by atoms with E-state index < -0.39 is 0 Å². The second kappa shape index (κ2) is 9.77. The summed E-state index contributed by atoms with van der Waals surface area (Å²) in [7, 11) is 0. The first-order valence-electron chi connectivity index (χ1n) is 8.11. The summed E-state index contributed by atoms with van der Waals surface area (Å²) in [4.78, 5) is 2.49. The van der Waals surface area contributed by atoms with Gasteiger partial charge in [0.05, 0.1) is 19.8 Å². The molecule has 0 spiro atoms. The van der Waals surface area contributed by atoms with Crippen LogP contribution in [0.3, 0.4) is 0 Å². The predicted molar refractivity (Wildman–Crippen MR) is 85.8 cm³/mol. The summed E-state index contributed by atoms with van der Waals surface area (Å²) in [5.74, 6) is 1.00. The first-order chi connectivity index (χ1) is 10.4. The number of para-hydroxylation sites is 1. The number of ether oxygens (including phenoxy) is 2. The van der Waals surface area contributed by atoms with Gasteiger partial charge in [-0.25, -0.2) is 0 Å². The van der Waals surface area contributed by atoms with Crippen molar-refractivity contribution < 1.29 is 9.47 Å². The largest absolute Gasteiger partial charge is 0.494 e. The van der Waals surface area contributed by atoms with Crippen molar-refractivity contribution in [2.75, 3.05) is 46.0 Å². The highest BCUT2D eigenvalue weighted by molar-refractivity contribution is 5.33. The van der Waals surface area contributed by atoms with Crippen LogP contribution in [0.25, 0.3) is 0 Å². The molecule has 1 aliphatic rings. The normalized spacial score (nSPS) is 16.0. The van der Waals surface area contributed by atoms with Gasteiger partial charge in [0.25, 0.3) is 0 Å². The Kier molecular flexibility index (Phi) is 7.57. The molecule has 4 nitrogen and oxygen atoms in total. The number of morpholine rings is 1. The third-order valence-corrected chi connectivity index (χ3v) is 3.77. The second-order valence-electron chi connectivity index (χ2n) is 5.38. The fourth-order valence-corrected chi connectivity index (χ4v) is 2.58. The van der Waals surface area contributed by atoms with Crippen LogP contribution in [-0.2, 0) is 11.3 Å². The van der Waals surface area contributed by atoms with Crippen LogP contribution >= 0.6 is 0 Å². The summed E-state index contributed by atoms with van der Waals surface area (Å²) in [5.41, 5.74) is 1.24. The van der Waals surface area contributed by atoms with E-state index in [4.69, 9.17) is 9.47 Å². The number of hydrogen-bond acceptors (Lipinski definition) is 4. The Morgan fingerprint density at radius 3 is 2.81 bits per heavy atom. The Labute approximate surface area is 128 Å². The molecule has 1 aromatic rings. The smallest absolute Gasteiger partial charge is 0.123 e. The molecule has 0 saturated carbocycles. The molecule has 1 fully saturated rings. The Hall–Kier alpha value is -1.10. The molecule has 1 aromatic carbocycles. The zero-order chi connectivity index (χ0) is 14.8. The summed E-state index contributed by atoms with van der Waals surface area (Å²) in [6.07, 6.45) is 2.47. The predicted octanol–water partition coefficient (Wildman–Crippen LogP) is 2.29. The molecule has 1 N–H and O–H groups in total. The number of nitrogens with one attached hydrogen (secondary N) is 1. The van der Waals surface area contributed by atoms with Gasteiger partial charge in [0, 0.05) is 25.2 Å². The summed E-state index contributed by atoms with van der Waals surface area (Å²) < 4.78 is 11.0. The standard InChI is InChI=1S/C17H28N2O2/c1-2-21-17-8-4-3-7-16(17)15-18-9-5-6-10-19-11-13-20-14-12-19/h3-4,7-8,18H,2,5-6,9-15H2,1H3. The van der Waals surface area contributed by atoms with Crippen molar-refractivity contribution in [1.82, 2.24) is 10.2 Å². The summed E-state index contributed by atoms with van der Waals surface area (Å²) in [6.45, 7) is 9.86. The highest BCUT2D eigenvalue weighted by atomic mass is 16.5. The molecular formula is C17H28N2O2. The first-order valence-corrected chi connectivity index (χ1v) is 8.11. The van der Waals surface area contributed by atoms with E-state index in [1.807, 2.05) is 19.1 Å². The Morgan fingerprint density at radius 1 is 1.19 bits per heavy atom. The van der Waals surface area contributed by atoms with Gasteiger partial charge in [0.15, 0.2) is 0 Å². The lowest BCUT2D eigenvalue weighted by Crippen LogP contribution is -2.37. The minimum absolute atomic E-state index is 0.719. The SMILES string of the molecule is CCOc1ccccc1CNCCCCN1CCOCC1. The quantitative estimate of drug-likeness (QED) is 0.708. The van der Waals surface area contributed by atoms with Crippen LogP contribution in [0.15, 0.2) is 24.3 Å². The number of unbranched alkanes of at least 4 members (excludes halogenated alkanes) is 1. The van der Waals surface area contributed by atoms with Crippen molar-refractivity contribution in [2.45, 2.75) is 26.3 Å². The van der Waals surface area contributed by atoms with Crippen LogP contribution in [0.2, 0.25) is 0 Å². The maximum atomic E-state index is 5.64. The monoisotopic (exact) mass is 292 g/mol. The third-order valence-electron chi connectivity index (χ3n) is 3.77. The number of hydrogen-bond donors (Lipinski definition) is 1. The van der Waals surface area contributed by atoms with Gasteiger partial charge in [0.2, 0.25) is 0 Å². The molecule has 1 saturated heterocycles. The van der Waals surface area contributed by atoms with Gasteiger partial charge < -0.3 is 14.8 Å². The van der Waals surface area contributed by atoms with Crippen molar-refractivity contribution >= 4 is 0 Å². The second-order valence-corrected chi connectivity index (χ2v) is 5.38. The van der Waals surface area contributed by atoms with Gasteiger partial charge in [-0.15, -0.1) is 0 Å². The van der Waals surface area contributed by atoms with Gasteiger partial charge in [-0.05, 0) is 38.9 Å². The zero-order valence-electron chi connectivity index (χ0n) is 13.1. The topological polar surface area (TPSA) is 33.7 Å². The Balaban J connectivity index is 1.57. The van der Waals surface area contributed by atoms with Crippen LogP contribution in [0.5, 0.6) is 5.75 Å². The maximum Gasteiger partial charge on any atom is 0.123 e. The van der Waals surface area contributed by atoms with Gasteiger partial charge in [-0.1, -0.05) is 18.2 Å². The summed E-state index contributed by atoms with van der Waals surface area (Å²) in [6, 6.07) is 8.26. The average molecular weight is 292 g/mol. The van der Waals surface area contributed by atoms with Crippen LogP contribution in [0.4, 0.5) is 0 Å². The zero-order valence-corrected chi connectivity index (χ0v) is 13.1. The molecule has 0 bridgehead atoms. The maximum absolute atomic E-state index is 5.64. The van der Waals surface area contributed by atoms with E-state index in [-0.39, 0.29) is 0 Å². The molecule has 2 rings (SSSR count). The van der Waals surface area contributed by atoms with Gasteiger partial charge >= 0.3 is 0 Å². The molecular weight excluding hydrogens is 264 g/mol. The van der Waals surface area contributed by atoms with Crippen LogP contribution in [0, 0.1) is 0 Å². The van der Waals surface area contributed by atoms with E-state index in [9.17, 15) is 0 Å². The van der Waals surface area contributed by atoms with Crippen LogP contribution < -0.4 is 10.1 Å². The van der Waals surface area contributed by atoms with Crippen molar-refractivity contribution in [3.8, 4) is 5.75 Å². The molecule has 0 aliphatic carbocycles. The van der Waals surface area contributed by atoms with E-state index in [0.717, 1.165) is 51.7 Å². The number of nitrogens with zero attached hydrogens (tertiary/aromatic N) is 1. The molecule has 0 atom stereocenters. The minimum atomic E-state index is 0.719. The highest BCUT2D eigenvalue weighted by Crippen LogP contribution is 2.17. The molecule has 21 heavy (non-hydrogen) atoms. The fourth-order valence-electron chi connectivity index (χ4n) is 2.58. The van der Waals surface area contributed by atoms with E-state index >= 15 is 0 Å². The summed E-state index contributed by atoms with van der Waals surface area (Å²) >= 11 is 0. The van der Waals surface area contributed by atoms with Gasteiger partial charge in [0.1, 0.15) is 5.75 Å². The van der Waals surface area contributed by atoms with E-state index in [0.29, 0.717) is 0 Å². The van der Waals surface area contributed by atoms with Crippen molar-refractivity contribution in [3.05, 3.63) is 29.8 Å². The molecule has 0 aromatic heterocycles. The fraction of sp³-hybridized carbons (Fsp3) is 0.647. The van der Waals surface area contributed by atoms with E-state index in [1.165, 1.54) is 24.9 Å². The van der Waals surface area contributed by atoms with Gasteiger partial charge in [-0.3, -0.25) is 4.90 Å². The van der Waals surface area contributed by atoms with Gasteiger partial charge in [-0.2, -0.15) is 0 Å². The molecule has 0 unspecified atom stereocenters. The van der Waals surface area contributed by atoms with Crippen LogP contribution in [0.1, 0.15) is 25.3 Å². The van der Waals surface area contributed by atoms with Crippen molar-refractivity contribution in [1.29, 1.82) is 0 Å². The number of benzene rings is 1. The van der Waals surface area contributed by atoms with Crippen LogP contribution in [-0.4, -0.2) is 50.9 Å². The molecule has 0 radical (unpaired) electrons. The van der Waals surface area contributed by atoms with E-state index in [1.54, 1.807) is 0 Å². The average Bonchev–Trinajstić information content (AvgIpc) is 2.53. The highest BCUT2D eigenvalue weighted by Gasteiger charge is 2.08. The van der Waals surface area contributed by atoms with Crippen molar-refractivity contribution in [2.24, 2.45) is 0 Å². The Bertz CT molecular complexity index is 392. The van der Waals surface area contributed by atoms with E-state index in [2.05, 4.69) is 22.3 Å². The third kappa shape index (κ3) is 6.04. The summed E-state index contributed by atoms with van der Waals surface area (Å²) in [5, 5.41) is 3.52. The molecule has 4 heteroatoms. The first kappa shape index (κ1) is 16.3. The number of rotatable bonds is 9. The lowest BCUT2D eigenvalue weighted by Gasteiger charge is -2.26. The molecule has 0 amide bonds. The lowest BCUT2D eigenvalue weighted by atomic mass is 10.2.